The molecule has 4 nitrogen and oxygen atoms in total. The molecule has 1 aliphatic heterocycles. The molecule has 3 amide bonds. The summed E-state index contributed by atoms with van der Waals surface area (Å²) in [6, 6.07) is -0.334. The van der Waals surface area contributed by atoms with Crippen molar-refractivity contribution in [2.24, 2.45) is 5.92 Å². The molecule has 1 saturated carbocycles. The lowest BCUT2D eigenvalue weighted by Gasteiger charge is -2.38. The third-order valence-corrected chi connectivity index (χ3v) is 3.85. The standard InChI is InChI=1S/C13H20N2O2/c1-9(2)6-7-10-5-3-4-8-13(10)11(16)14-12(17)15-13/h6,10H,3-5,7-8H2,1-2H3,(H2,14,15,16,17). The van der Waals surface area contributed by atoms with Gasteiger partial charge in [0.25, 0.3) is 5.91 Å². The maximum absolute atomic E-state index is 12.0. The second-order valence-corrected chi connectivity index (χ2v) is 5.34. The zero-order chi connectivity index (χ0) is 12.5. The second-order valence-electron chi connectivity index (χ2n) is 5.34. The molecule has 1 aliphatic carbocycles. The molecule has 2 N–H and O–H groups in total. The average Bonchev–Trinajstić information content (AvgIpc) is 2.53. The summed E-state index contributed by atoms with van der Waals surface area (Å²) in [4.78, 5) is 23.4. The van der Waals surface area contributed by atoms with Gasteiger partial charge in [0.1, 0.15) is 5.54 Å². The Morgan fingerprint density at radius 2 is 2.18 bits per heavy atom. The normalized spacial score (nSPS) is 32.2. The van der Waals surface area contributed by atoms with Crippen molar-refractivity contribution in [2.75, 3.05) is 0 Å². The van der Waals surface area contributed by atoms with Gasteiger partial charge in [0.2, 0.25) is 0 Å². The van der Waals surface area contributed by atoms with Crippen LogP contribution in [0.3, 0.4) is 0 Å². The van der Waals surface area contributed by atoms with Crippen molar-refractivity contribution in [2.45, 2.75) is 51.5 Å². The first kappa shape index (κ1) is 12.1. The van der Waals surface area contributed by atoms with Gasteiger partial charge in [-0.15, -0.1) is 0 Å². The van der Waals surface area contributed by atoms with Gasteiger partial charge in [-0.3, -0.25) is 10.1 Å². The Morgan fingerprint density at radius 1 is 1.41 bits per heavy atom. The monoisotopic (exact) mass is 236 g/mol. The summed E-state index contributed by atoms with van der Waals surface area (Å²) >= 11 is 0. The Hall–Kier alpha value is -1.32. The fourth-order valence-corrected chi connectivity index (χ4v) is 2.91. The minimum atomic E-state index is -0.638. The van der Waals surface area contributed by atoms with Crippen molar-refractivity contribution in [1.29, 1.82) is 0 Å². The minimum Gasteiger partial charge on any atom is -0.323 e. The quantitative estimate of drug-likeness (QED) is 0.570. The lowest BCUT2D eigenvalue weighted by Crippen LogP contribution is -2.54. The van der Waals surface area contributed by atoms with Crippen LogP contribution in [-0.4, -0.2) is 17.5 Å². The van der Waals surface area contributed by atoms with Crippen LogP contribution in [-0.2, 0) is 4.79 Å². The van der Waals surface area contributed by atoms with Gasteiger partial charge in [-0.1, -0.05) is 24.5 Å². The van der Waals surface area contributed by atoms with E-state index in [2.05, 4.69) is 30.6 Å². The molecule has 0 aromatic heterocycles. The van der Waals surface area contributed by atoms with Crippen molar-refractivity contribution in [3.8, 4) is 0 Å². The number of nitrogens with one attached hydrogen (secondary N) is 2. The predicted octanol–water partition coefficient (Wildman–Crippen LogP) is 2.11. The maximum Gasteiger partial charge on any atom is 0.322 e. The van der Waals surface area contributed by atoms with Crippen LogP contribution < -0.4 is 10.6 Å². The molecule has 4 heteroatoms. The maximum atomic E-state index is 12.0. The Morgan fingerprint density at radius 3 is 2.76 bits per heavy atom. The van der Waals surface area contributed by atoms with E-state index in [1.807, 2.05) is 0 Å². The predicted molar refractivity (Wildman–Crippen MR) is 65.4 cm³/mol. The number of hydrogen-bond acceptors (Lipinski definition) is 2. The summed E-state index contributed by atoms with van der Waals surface area (Å²) in [5, 5.41) is 5.25. The lowest BCUT2D eigenvalue weighted by atomic mass is 9.71. The molecule has 1 heterocycles. The average molecular weight is 236 g/mol. The fourth-order valence-electron chi connectivity index (χ4n) is 2.91. The zero-order valence-corrected chi connectivity index (χ0v) is 10.5. The summed E-state index contributed by atoms with van der Waals surface area (Å²) in [7, 11) is 0. The van der Waals surface area contributed by atoms with Crippen molar-refractivity contribution in [3.05, 3.63) is 11.6 Å². The highest BCUT2D eigenvalue weighted by Crippen LogP contribution is 2.38. The molecule has 1 spiro atoms. The molecular formula is C13H20N2O2. The molecule has 0 aromatic carbocycles. The van der Waals surface area contributed by atoms with E-state index in [0.29, 0.717) is 0 Å². The summed E-state index contributed by atoms with van der Waals surface area (Å²) in [6.07, 6.45) is 6.97. The number of rotatable bonds is 2. The lowest BCUT2D eigenvalue weighted by molar-refractivity contribution is -0.127. The summed E-state index contributed by atoms with van der Waals surface area (Å²) in [5.74, 6) is 0.104. The molecular weight excluding hydrogens is 216 g/mol. The Kier molecular flexibility index (Phi) is 3.22. The van der Waals surface area contributed by atoms with Crippen molar-refractivity contribution in [1.82, 2.24) is 10.6 Å². The number of imide groups is 1. The SMILES string of the molecule is CC(C)=CCC1CCCCC12NC(=O)NC2=O. The van der Waals surface area contributed by atoms with Crippen molar-refractivity contribution in [3.63, 3.8) is 0 Å². The molecule has 0 aromatic rings. The summed E-state index contributed by atoms with van der Waals surface area (Å²) in [5.41, 5.74) is 0.622. The van der Waals surface area contributed by atoms with Crippen LogP contribution in [0.4, 0.5) is 4.79 Å². The van der Waals surface area contributed by atoms with E-state index < -0.39 is 5.54 Å². The number of amides is 3. The molecule has 94 valence electrons. The zero-order valence-electron chi connectivity index (χ0n) is 10.5. The van der Waals surface area contributed by atoms with E-state index in [-0.39, 0.29) is 17.9 Å². The van der Waals surface area contributed by atoms with E-state index in [1.165, 1.54) is 5.57 Å². The fraction of sp³-hybridized carbons (Fsp3) is 0.692. The van der Waals surface area contributed by atoms with Crippen LogP contribution in [0, 0.1) is 5.92 Å². The van der Waals surface area contributed by atoms with Crippen LogP contribution in [0.1, 0.15) is 46.0 Å². The highest BCUT2D eigenvalue weighted by molar-refractivity contribution is 6.07. The molecule has 2 fully saturated rings. The number of carbonyl (C=O) groups is 2. The highest BCUT2D eigenvalue weighted by Gasteiger charge is 2.51. The molecule has 0 radical (unpaired) electrons. The van der Waals surface area contributed by atoms with Crippen LogP contribution in [0.25, 0.3) is 0 Å². The Labute approximate surface area is 102 Å². The summed E-state index contributed by atoms with van der Waals surface area (Å²) in [6.45, 7) is 4.12. The topological polar surface area (TPSA) is 58.2 Å². The van der Waals surface area contributed by atoms with Gasteiger partial charge in [-0.25, -0.2) is 4.79 Å². The first-order valence-corrected chi connectivity index (χ1v) is 6.31. The van der Waals surface area contributed by atoms with Crippen molar-refractivity contribution >= 4 is 11.9 Å². The van der Waals surface area contributed by atoms with Gasteiger partial charge in [-0.2, -0.15) is 0 Å². The molecule has 2 aliphatic rings. The smallest absolute Gasteiger partial charge is 0.322 e. The molecule has 2 rings (SSSR count). The van der Waals surface area contributed by atoms with Crippen LogP contribution in [0.15, 0.2) is 11.6 Å². The molecule has 2 unspecified atom stereocenters. The van der Waals surface area contributed by atoms with Crippen LogP contribution in [0.5, 0.6) is 0 Å². The van der Waals surface area contributed by atoms with Gasteiger partial charge in [-0.05, 0) is 39.0 Å². The molecule has 17 heavy (non-hydrogen) atoms. The Balaban J connectivity index is 2.19. The molecule has 2 atom stereocenters. The number of hydrogen-bond donors (Lipinski definition) is 2. The van der Waals surface area contributed by atoms with E-state index >= 15 is 0 Å². The first-order valence-electron chi connectivity index (χ1n) is 6.31. The van der Waals surface area contributed by atoms with E-state index in [1.54, 1.807) is 0 Å². The highest BCUT2D eigenvalue weighted by atomic mass is 16.2. The van der Waals surface area contributed by atoms with Gasteiger partial charge >= 0.3 is 6.03 Å². The van der Waals surface area contributed by atoms with Crippen LogP contribution in [0.2, 0.25) is 0 Å². The van der Waals surface area contributed by atoms with E-state index in [4.69, 9.17) is 0 Å². The van der Waals surface area contributed by atoms with E-state index in [0.717, 1.165) is 32.1 Å². The Bertz CT molecular complexity index is 372. The number of carbonyl (C=O) groups excluding carboxylic acids is 2. The number of urea groups is 1. The minimum absolute atomic E-state index is 0.130. The molecule has 0 bridgehead atoms. The van der Waals surface area contributed by atoms with E-state index in [9.17, 15) is 9.59 Å². The van der Waals surface area contributed by atoms with Gasteiger partial charge in [0.05, 0.1) is 0 Å². The van der Waals surface area contributed by atoms with Crippen LogP contribution >= 0.6 is 0 Å². The largest absolute Gasteiger partial charge is 0.323 e. The third-order valence-electron chi connectivity index (χ3n) is 3.85. The summed E-state index contributed by atoms with van der Waals surface area (Å²) < 4.78 is 0. The molecule has 1 saturated heterocycles. The van der Waals surface area contributed by atoms with Crippen molar-refractivity contribution < 1.29 is 9.59 Å². The van der Waals surface area contributed by atoms with Gasteiger partial charge < -0.3 is 5.32 Å². The second kappa shape index (κ2) is 4.51. The van der Waals surface area contributed by atoms with Gasteiger partial charge in [0, 0.05) is 0 Å². The number of allylic oxidation sites excluding steroid dienone is 2. The third kappa shape index (κ3) is 2.21. The van der Waals surface area contributed by atoms with Gasteiger partial charge in [0.15, 0.2) is 0 Å². The first-order chi connectivity index (χ1) is 8.04.